The zero-order valence-electron chi connectivity index (χ0n) is 12.4. The van der Waals surface area contributed by atoms with E-state index in [1.54, 1.807) is 22.9 Å². The molecule has 0 aliphatic rings. The predicted molar refractivity (Wildman–Crippen MR) is 84.8 cm³/mol. The molecular weight excluding hydrogens is 288 g/mol. The largest absolute Gasteiger partial charge is 0.381 e. The van der Waals surface area contributed by atoms with Gasteiger partial charge in [0.1, 0.15) is 0 Å². The molecule has 114 valence electrons. The van der Waals surface area contributed by atoms with E-state index in [2.05, 4.69) is 22.1 Å². The second-order valence-electron chi connectivity index (χ2n) is 4.94. The topological polar surface area (TPSA) is 76.0 Å². The van der Waals surface area contributed by atoms with E-state index >= 15 is 0 Å². The number of anilines is 2. The van der Waals surface area contributed by atoms with Crippen LogP contribution in [0, 0.1) is 0 Å². The number of nitrogens with one attached hydrogen (secondary N) is 2. The molecule has 21 heavy (non-hydrogen) atoms. The van der Waals surface area contributed by atoms with Crippen LogP contribution in [0.15, 0.2) is 30.5 Å². The fourth-order valence-corrected chi connectivity index (χ4v) is 2.69. The Labute approximate surface area is 125 Å². The first kappa shape index (κ1) is 15.4. The summed E-state index contributed by atoms with van der Waals surface area (Å²) in [5, 5.41) is 7.68. The van der Waals surface area contributed by atoms with Crippen LogP contribution in [0.3, 0.4) is 0 Å². The second-order valence-corrected chi connectivity index (χ2v) is 6.69. The Morgan fingerprint density at radius 3 is 2.67 bits per heavy atom. The van der Waals surface area contributed by atoms with Gasteiger partial charge in [0.15, 0.2) is 0 Å². The van der Waals surface area contributed by atoms with Gasteiger partial charge in [0, 0.05) is 31.0 Å². The molecule has 0 saturated carbocycles. The first-order valence-corrected chi connectivity index (χ1v) is 8.59. The summed E-state index contributed by atoms with van der Waals surface area (Å²) in [6, 6.07) is 7.19. The number of aromatic nitrogens is 2. The summed E-state index contributed by atoms with van der Waals surface area (Å²) in [7, 11) is -1.36. The van der Waals surface area contributed by atoms with Gasteiger partial charge in [-0.15, -0.1) is 0 Å². The van der Waals surface area contributed by atoms with Gasteiger partial charge in [-0.25, -0.2) is 8.42 Å². The van der Waals surface area contributed by atoms with E-state index in [1.165, 1.54) is 0 Å². The third kappa shape index (κ3) is 4.49. The Hall–Kier alpha value is -2.02. The van der Waals surface area contributed by atoms with Gasteiger partial charge < -0.3 is 5.32 Å². The molecule has 0 fully saturated rings. The molecule has 7 heteroatoms. The van der Waals surface area contributed by atoms with Crippen molar-refractivity contribution in [3.8, 4) is 0 Å². The molecule has 2 rings (SSSR count). The van der Waals surface area contributed by atoms with Crippen LogP contribution in [0.2, 0.25) is 0 Å². The van der Waals surface area contributed by atoms with Crippen molar-refractivity contribution in [3.63, 3.8) is 0 Å². The molecule has 0 aliphatic heterocycles. The lowest BCUT2D eigenvalue weighted by Crippen LogP contribution is -2.09. The summed E-state index contributed by atoms with van der Waals surface area (Å²) < 4.78 is 26.7. The SMILES string of the molecule is CCc1nn(C)cc1CNc1cccc(NS(C)(=O)=O)c1. The maximum Gasteiger partial charge on any atom is 0.229 e. The lowest BCUT2D eigenvalue weighted by molar-refractivity contribution is 0.607. The van der Waals surface area contributed by atoms with Gasteiger partial charge in [0.05, 0.1) is 17.6 Å². The van der Waals surface area contributed by atoms with Crippen LogP contribution in [-0.2, 0) is 30.0 Å². The van der Waals surface area contributed by atoms with Crippen molar-refractivity contribution in [2.75, 3.05) is 16.3 Å². The van der Waals surface area contributed by atoms with Crippen LogP contribution >= 0.6 is 0 Å². The fraction of sp³-hybridized carbons (Fsp3) is 0.357. The third-order valence-corrected chi connectivity index (χ3v) is 3.58. The lowest BCUT2D eigenvalue weighted by atomic mass is 10.2. The van der Waals surface area contributed by atoms with Crippen LogP contribution in [0.25, 0.3) is 0 Å². The van der Waals surface area contributed by atoms with Gasteiger partial charge in [0.25, 0.3) is 0 Å². The Balaban J connectivity index is 2.08. The highest BCUT2D eigenvalue weighted by Crippen LogP contribution is 2.17. The highest BCUT2D eigenvalue weighted by atomic mass is 32.2. The van der Waals surface area contributed by atoms with Gasteiger partial charge in [-0.2, -0.15) is 5.10 Å². The molecule has 6 nitrogen and oxygen atoms in total. The lowest BCUT2D eigenvalue weighted by Gasteiger charge is -2.09. The molecule has 0 saturated heterocycles. The monoisotopic (exact) mass is 308 g/mol. The van der Waals surface area contributed by atoms with Crippen LogP contribution in [-0.4, -0.2) is 24.5 Å². The molecule has 0 bridgehead atoms. The third-order valence-electron chi connectivity index (χ3n) is 2.98. The van der Waals surface area contributed by atoms with Crippen LogP contribution in [0.4, 0.5) is 11.4 Å². The summed E-state index contributed by atoms with van der Waals surface area (Å²) in [6.07, 6.45) is 4.01. The highest BCUT2D eigenvalue weighted by Gasteiger charge is 2.06. The summed E-state index contributed by atoms with van der Waals surface area (Å²) in [4.78, 5) is 0. The minimum atomic E-state index is -3.26. The van der Waals surface area contributed by atoms with Crippen molar-refractivity contribution in [1.29, 1.82) is 0 Å². The molecule has 0 atom stereocenters. The number of sulfonamides is 1. The number of rotatable bonds is 6. The zero-order chi connectivity index (χ0) is 15.5. The van der Waals surface area contributed by atoms with Crippen LogP contribution in [0.5, 0.6) is 0 Å². The number of hydrogen-bond acceptors (Lipinski definition) is 4. The predicted octanol–water partition coefficient (Wildman–Crippen LogP) is 1.97. The van der Waals surface area contributed by atoms with Crippen LogP contribution < -0.4 is 10.0 Å². The standard InChI is InChI=1S/C14H20N4O2S/c1-4-14-11(10-18(2)16-14)9-15-12-6-5-7-13(8-12)17-21(3,19)20/h5-8,10,15,17H,4,9H2,1-3H3. The van der Waals surface area contributed by atoms with E-state index in [9.17, 15) is 8.42 Å². The van der Waals surface area contributed by atoms with Gasteiger partial charge in [-0.05, 0) is 24.6 Å². The minimum Gasteiger partial charge on any atom is -0.381 e. The van der Waals surface area contributed by atoms with E-state index in [0.29, 0.717) is 12.2 Å². The van der Waals surface area contributed by atoms with E-state index in [4.69, 9.17) is 0 Å². The number of benzene rings is 1. The quantitative estimate of drug-likeness (QED) is 0.855. The summed E-state index contributed by atoms with van der Waals surface area (Å²) in [6.45, 7) is 2.72. The maximum atomic E-state index is 11.2. The van der Waals surface area contributed by atoms with Gasteiger partial charge >= 0.3 is 0 Å². The van der Waals surface area contributed by atoms with Gasteiger partial charge in [-0.3, -0.25) is 9.40 Å². The van der Waals surface area contributed by atoms with Crippen molar-refractivity contribution in [3.05, 3.63) is 41.7 Å². The summed E-state index contributed by atoms with van der Waals surface area (Å²) >= 11 is 0. The van der Waals surface area contributed by atoms with Crippen molar-refractivity contribution < 1.29 is 8.42 Å². The molecular formula is C14H20N4O2S. The molecule has 2 aromatic rings. The molecule has 1 heterocycles. The minimum absolute atomic E-state index is 0.546. The van der Waals surface area contributed by atoms with E-state index < -0.39 is 10.0 Å². The second kappa shape index (κ2) is 6.17. The molecule has 0 unspecified atom stereocenters. The normalized spacial score (nSPS) is 11.4. The van der Waals surface area contributed by atoms with Crippen molar-refractivity contribution in [1.82, 2.24) is 9.78 Å². The molecule has 1 aromatic carbocycles. The molecule has 2 N–H and O–H groups in total. The molecule has 0 radical (unpaired) electrons. The molecule has 0 aliphatic carbocycles. The number of aryl methyl sites for hydroxylation is 2. The zero-order valence-corrected chi connectivity index (χ0v) is 13.2. The van der Waals surface area contributed by atoms with Gasteiger partial charge in [-0.1, -0.05) is 13.0 Å². The Kier molecular flexibility index (Phi) is 4.52. The summed E-state index contributed by atoms with van der Waals surface area (Å²) in [5.41, 5.74) is 3.61. The molecule has 1 aromatic heterocycles. The maximum absolute atomic E-state index is 11.2. The summed E-state index contributed by atoms with van der Waals surface area (Å²) in [5.74, 6) is 0. The fourth-order valence-electron chi connectivity index (χ4n) is 2.13. The van der Waals surface area contributed by atoms with Crippen molar-refractivity contribution in [2.45, 2.75) is 19.9 Å². The number of hydrogen-bond donors (Lipinski definition) is 2. The first-order valence-electron chi connectivity index (χ1n) is 6.70. The van der Waals surface area contributed by atoms with E-state index in [0.717, 1.165) is 29.6 Å². The van der Waals surface area contributed by atoms with E-state index in [1.807, 2.05) is 19.3 Å². The average molecular weight is 308 g/mol. The Morgan fingerprint density at radius 2 is 2.00 bits per heavy atom. The average Bonchev–Trinajstić information content (AvgIpc) is 2.75. The first-order chi connectivity index (χ1) is 9.87. The Morgan fingerprint density at radius 1 is 1.29 bits per heavy atom. The van der Waals surface area contributed by atoms with Gasteiger partial charge in [0.2, 0.25) is 10.0 Å². The molecule has 0 spiro atoms. The molecule has 0 amide bonds. The number of nitrogens with zero attached hydrogens (tertiary/aromatic N) is 2. The Bertz CT molecular complexity index is 722. The van der Waals surface area contributed by atoms with E-state index in [-0.39, 0.29) is 0 Å². The smallest absolute Gasteiger partial charge is 0.229 e. The van der Waals surface area contributed by atoms with Crippen LogP contribution in [0.1, 0.15) is 18.2 Å². The van der Waals surface area contributed by atoms with Crippen molar-refractivity contribution >= 4 is 21.4 Å². The highest BCUT2D eigenvalue weighted by molar-refractivity contribution is 7.92. The van der Waals surface area contributed by atoms with Crippen molar-refractivity contribution in [2.24, 2.45) is 7.05 Å².